The molecular formula is C16H22N2O2. The molecule has 4 heteroatoms. The van der Waals surface area contributed by atoms with Crippen molar-refractivity contribution >= 4 is 16.8 Å². The van der Waals surface area contributed by atoms with Crippen LogP contribution in [0.2, 0.25) is 0 Å². The van der Waals surface area contributed by atoms with Gasteiger partial charge in [-0.25, -0.2) is 4.79 Å². The van der Waals surface area contributed by atoms with Crippen molar-refractivity contribution in [3.63, 3.8) is 0 Å². The molecule has 4 nitrogen and oxygen atoms in total. The highest BCUT2D eigenvalue weighted by Crippen LogP contribution is 2.14. The van der Waals surface area contributed by atoms with Crippen LogP contribution in [0.25, 0.3) is 11.0 Å². The Morgan fingerprint density at radius 2 is 1.75 bits per heavy atom. The molecule has 0 spiro atoms. The molecule has 108 valence electrons. The lowest BCUT2D eigenvalue weighted by Crippen LogP contribution is -2.28. The van der Waals surface area contributed by atoms with E-state index >= 15 is 0 Å². The van der Waals surface area contributed by atoms with Crippen molar-refractivity contribution in [3.05, 3.63) is 34.7 Å². The van der Waals surface area contributed by atoms with Gasteiger partial charge in [-0.2, -0.15) is 0 Å². The van der Waals surface area contributed by atoms with Crippen molar-refractivity contribution in [2.45, 2.75) is 46.7 Å². The first-order chi connectivity index (χ1) is 9.60. The third kappa shape index (κ3) is 2.55. The van der Waals surface area contributed by atoms with E-state index < -0.39 is 0 Å². The Bertz CT molecular complexity index is 667. The maximum absolute atomic E-state index is 12.5. The molecule has 1 unspecified atom stereocenters. The Labute approximate surface area is 119 Å². The number of hydrogen-bond acceptors (Lipinski definition) is 2. The van der Waals surface area contributed by atoms with E-state index in [1.807, 2.05) is 45.0 Å². The Kier molecular flexibility index (Phi) is 4.42. The number of Topliss-reactive ketones (excluding diaryl/α,β-unsaturated/α-hetero) is 1. The van der Waals surface area contributed by atoms with Gasteiger partial charge < -0.3 is 0 Å². The molecule has 1 atom stereocenters. The predicted molar refractivity (Wildman–Crippen MR) is 81.0 cm³/mol. The summed E-state index contributed by atoms with van der Waals surface area (Å²) < 4.78 is 3.37. The van der Waals surface area contributed by atoms with Crippen LogP contribution in [0.3, 0.4) is 0 Å². The van der Waals surface area contributed by atoms with Gasteiger partial charge in [0.05, 0.1) is 17.6 Å². The van der Waals surface area contributed by atoms with Crippen LogP contribution in [0.4, 0.5) is 0 Å². The van der Waals surface area contributed by atoms with E-state index in [9.17, 15) is 9.59 Å². The Hall–Kier alpha value is -1.84. The summed E-state index contributed by atoms with van der Waals surface area (Å²) in [5, 5.41) is 0. The maximum atomic E-state index is 12.5. The molecule has 1 aromatic heterocycles. The average Bonchev–Trinajstić information content (AvgIpc) is 2.72. The van der Waals surface area contributed by atoms with Gasteiger partial charge in [0.2, 0.25) is 0 Å². The third-order valence-electron chi connectivity index (χ3n) is 3.85. The summed E-state index contributed by atoms with van der Waals surface area (Å²) in [5.41, 5.74) is 1.68. The van der Waals surface area contributed by atoms with Gasteiger partial charge in [-0.15, -0.1) is 0 Å². The number of aromatic nitrogens is 2. The van der Waals surface area contributed by atoms with Crippen molar-refractivity contribution < 1.29 is 4.79 Å². The molecule has 0 N–H and O–H groups in total. The van der Waals surface area contributed by atoms with Crippen LogP contribution in [0.5, 0.6) is 0 Å². The van der Waals surface area contributed by atoms with Gasteiger partial charge in [0.1, 0.15) is 0 Å². The molecule has 1 aromatic carbocycles. The zero-order valence-corrected chi connectivity index (χ0v) is 12.4. The molecule has 0 saturated heterocycles. The molecule has 0 saturated carbocycles. The van der Waals surface area contributed by atoms with Crippen LogP contribution < -0.4 is 5.69 Å². The molecule has 0 bridgehead atoms. The van der Waals surface area contributed by atoms with Crippen LogP contribution in [0, 0.1) is 5.92 Å². The van der Waals surface area contributed by atoms with E-state index in [1.54, 1.807) is 9.13 Å². The summed E-state index contributed by atoms with van der Waals surface area (Å²) >= 11 is 0. The molecule has 0 aliphatic rings. The number of imidazole rings is 1. The van der Waals surface area contributed by atoms with E-state index in [0.29, 0.717) is 6.54 Å². The van der Waals surface area contributed by atoms with Gasteiger partial charge >= 0.3 is 5.69 Å². The molecule has 2 rings (SSSR count). The van der Waals surface area contributed by atoms with E-state index in [1.165, 1.54) is 0 Å². The van der Waals surface area contributed by atoms with Gasteiger partial charge in [-0.1, -0.05) is 32.9 Å². The molecular weight excluding hydrogens is 252 g/mol. The zero-order chi connectivity index (χ0) is 14.7. The number of rotatable bonds is 6. The van der Waals surface area contributed by atoms with E-state index in [4.69, 9.17) is 0 Å². The number of carbonyl (C=O) groups is 1. The number of para-hydroxylation sites is 2. The number of hydrogen-bond donors (Lipinski definition) is 0. The van der Waals surface area contributed by atoms with Crippen molar-refractivity contribution in [1.82, 2.24) is 9.13 Å². The normalized spacial score (nSPS) is 12.8. The second kappa shape index (κ2) is 6.07. The third-order valence-corrected chi connectivity index (χ3v) is 3.85. The molecule has 0 amide bonds. The quantitative estimate of drug-likeness (QED) is 0.813. The summed E-state index contributed by atoms with van der Waals surface area (Å²) in [6, 6.07) is 7.68. The lowest BCUT2D eigenvalue weighted by Gasteiger charge is -2.08. The monoisotopic (exact) mass is 274 g/mol. The molecule has 0 radical (unpaired) electrons. The van der Waals surface area contributed by atoms with Crippen molar-refractivity contribution in [2.75, 3.05) is 0 Å². The van der Waals surface area contributed by atoms with Crippen molar-refractivity contribution in [3.8, 4) is 0 Å². The lowest BCUT2D eigenvalue weighted by molar-refractivity contribution is -0.123. The summed E-state index contributed by atoms with van der Waals surface area (Å²) in [7, 11) is 0. The number of nitrogens with zero attached hydrogens (tertiary/aromatic N) is 2. The van der Waals surface area contributed by atoms with E-state index in [-0.39, 0.29) is 23.9 Å². The Balaban J connectivity index is 2.50. The Morgan fingerprint density at radius 3 is 2.30 bits per heavy atom. The van der Waals surface area contributed by atoms with Gasteiger partial charge in [-0.05, 0) is 25.0 Å². The minimum absolute atomic E-state index is 0.00446. The van der Waals surface area contributed by atoms with Gasteiger partial charge in [0, 0.05) is 12.5 Å². The zero-order valence-electron chi connectivity index (χ0n) is 12.4. The van der Waals surface area contributed by atoms with Gasteiger partial charge in [-0.3, -0.25) is 13.9 Å². The van der Waals surface area contributed by atoms with Crippen molar-refractivity contribution in [1.29, 1.82) is 0 Å². The maximum Gasteiger partial charge on any atom is 0.329 e. The first kappa shape index (κ1) is 14.6. The van der Waals surface area contributed by atoms with Gasteiger partial charge in [0.15, 0.2) is 5.78 Å². The smallest absolute Gasteiger partial charge is 0.297 e. The first-order valence-corrected chi connectivity index (χ1v) is 7.30. The standard InChI is InChI=1S/C16H22N2O2/c1-4-10-17-13-8-6-7-9-14(13)18(16(17)20)11-15(19)12(3)5-2/h6-9,12H,4-5,10-11H2,1-3H3. The molecule has 1 heterocycles. The second-order valence-electron chi connectivity index (χ2n) is 5.28. The predicted octanol–water partition coefficient (Wildman–Crippen LogP) is 2.83. The molecule has 0 aliphatic heterocycles. The number of carbonyl (C=O) groups excluding carboxylic acids is 1. The molecule has 20 heavy (non-hydrogen) atoms. The molecule has 0 fully saturated rings. The average molecular weight is 274 g/mol. The van der Waals surface area contributed by atoms with Crippen LogP contribution in [0.1, 0.15) is 33.6 Å². The number of aryl methyl sites for hydroxylation is 1. The second-order valence-corrected chi connectivity index (χ2v) is 5.28. The van der Waals surface area contributed by atoms with Crippen LogP contribution in [0.15, 0.2) is 29.1 Å². The highest BCUT2D eigenvalue weighted by molar-refractivity contribution is 5.83. The molecule has 0 aliphatic carbocycles. The first-order valence-electron chi connectivity index (χ1n) is 7.30. The summed E-state index contributed by atoms with van der Waals surface area (Å²) in [4.78, 5) is 24.6. The van der Waals surface area contributed by atoms with E-state index in [2.05, 4.69) is 0 Å². The van der Waals surface area contributed by atoms with Crippen LogP contribution in [-0.2, 0) is 17.9 Å². The highest BCUT2D eigenvalue weighted by Gasteiger charge is 2.17. The lowest BCUT2D eigenvalue weighted by atomic mass is 10.0. The number of benzene rings is 1. The summed E-state index contributed by atoms with van der Waals surface area (Å²) in [6.07, 6.45) is 1.70. The summed E-state index contributed by atoms with van der Waals surface area (Å²) in [5.74, 6) is 0.115. The van der Waals surface area contributed by atoms with Crippen molar-refractivity contribution in [2.24, 2.45) is 5.92 Å². The fourth-order valence-corrected chi connectivity index (χ4v) is 2.40. The van der Waals surface area contributed by atoms with E-state index in [0.717, 1.165) is 23.9 Å². The molecule has 2 aromatic rings. The SMILES string of the molecule is CCCn1c(=O)n(CC(=O)C(C)CC)c2ccccc21. The van der Waals surface area contributed by atoms with Gasteiger partial charge in [0.25, 0.3) is 0 Å². The minimum Gasteiger partial charge on any atom is -0.297 e. The fraction of sp³-hybridized carbons (Fsp3) is 0.500. The number of ketones is 1. The minimum atomic E-state index is -0.0790. The summed E-state index contributed by atoms with van der Waals surface area (Å²) in [6.45, 7) is 6.81. The Morgan fingerprint density at radius 1 is 1.15 bits per heavy atom. The highest BCUT2D eigenvalue weighted by atomic mass is 16.2. The van der Waals surface area contributed by atoms with Crippen LogP contribution in [-0.4, -0.2) is 14.9 Å². The largest absolute Gasteiger partial charge is 0.329 e. The fourth-order valence-electron chi connectivity index (χ4n) is 2.40. The number of fused-ring (bicyclic) bond motifs is 1. The van der Waals surface area contributed by atoms with Crippen LogP contribution >= 0.6 is 0 Å². The topological polar surface area (TPSA) is 44.0 Å².